The topological polar surface area (TPSA) is 71.5 Å². The second-order valence-electron chi connectivity index (χ2n) is 6.84. The summed E-state index contributed by atoms with van der Waals surface area (Å²) in [5.74, 6) is 0.0727. The third-order valence-corrected chi connectivity index (χ3v) is 5.04. The van der Waals surface area contributed by atoms with Gasteiger partial charge in [0.25, 0.3) is 0 Å². The number of benzene rings is 1. The molecule has 1 aliphatic heterocycles. The van der Waals surface area contributed by atoms with Gasteiger partial charge in [-0.3, -0.25) is 9.78 Å². The highest BCUT2D eigenvalue weighted by Gasteiger charge is 2.39. The number of hydrogen-bond acceptors (Lipinski definition) is 4. The van der Waals surface area contributed by atoms with Gasteiger partial charge in [0.1, 0.15) is 0 Å². The lowest BCUT2D eigenvalue weighted by Gasteiger charge is -2.36. The van der Waals surface area contributed by atoms with E-state index >= 15 is 0 Å². The van der Waals surface area contributed by atoms with E-state index in [0.29, 0.717) is 32.6 Å². The third kappa shape index (κ3) is 4.48. The fourth-order valence-electron chi connectivity index (χ4n) is 3.51. The van der Waals surface area contributed by atoms with Gasteiger partial charge in [0, 0.05) is 38.8 Å². The van der Waals surface area contributed by atoms with Crippen LogP contribution in [0.25, 0.3) is 11.1 Å². The van der Waals surface area contributed by atoms with Gasteiger partial charge in [-0.15, -0.1) is 0 Å². The normalized spacial score (nSPS) is 16.2. The van der Waals surface area contributed by atoms with Crippen molar-refractivity contribution in [2.75, 3.05) is 26.4 Å². The molecule has 5 nitrogen and oxygen atoms in total. The van der Waals surface area contributed by atoms with E-state index in [1.165, 1.54) is 0 Å². The van der Waals surface area contributed by atoms with Gasteiger partial charge in [-0.05, 0) is 54.5 Å². The van der Waals surface area contributed by atoms with Crippen molar-refractivity contribution in [1.82, 2.24) is 10.3 Å². The summed E-state index contributed by atoms with van der Waals surface area (Å²) in [5, 5.41) is 11.9. The highest BCUT2D eigenvalue weighted by molar-refractivity contribution is 5.83. The Kier molecular flexibility index (Phi) is 6.36. The minimum absolute atomic E-state index is 0.0727. The van der Waals surface area contributed by atoms with Crippen molar-refractivity contribution >= 4 is 5.91 Å². The molecule has 1 amide bonds. The van der Waals surface area contributed by atoms with Crippen molar-refractivity contribution < 1.29 is 14.6 Å². The molecule has 1 aliphatic rings. The Morgan fingerprint density at radius 2 is 1.92 bits per heavy atom. The predicted octanol–water partition coefficient (Wildman–Crippen LogP) is 2.59. The zero-order valence-electron chi connectivity index (χ0n) is 15.0. The van der Waals surface area contributed by atoms with Crippen LogP contribution in [-0.4, -0.2) is 42.4 Å². The average molecular weight is 354 g/mol. The third-order valence-electron chi connectivity index (χ3n) is 5.04. The molecular formula is C21H26N2O3. The lowest BCUT2D eigenvalue weighted by molar-refractivity contribution is -0.136. The van der Waals surface area contributed by atoms with Gasteiger partial charge in [-0.1, -0.05) is 24.3 Å². The molecule has 1 aromatic heterocycles. The van der Waals surface area contributed by atoms with Crippen LogP contribution in [0, 0.1) is 5.41 Å². The zero-order valence-corrected chi connectivity index (χ0v) is 15.0. The van der Waals surface area contributed by atoms with E-state index in [2.05, 4.69) is 28.5 Å². The highest BCUT2D eigenvalue weighted by atomic mass is 16.5. The van der Waals surface area contributed by atoms with Crippen LogP contribution in [0.4, 0.5) is 0 Å². The molecule has 5 heteroatoms. The zero-order chi connectivity index (χ0) is 18.2. The molecule has 3 rings (SSSR count). The Bertz CT molecular complexity index is 712. The number of aliphatic hydroxyl groups is 1. The van der Waals surface area contributed by atoms with Crippen LogP contribution in [0.15, 0.2) is 48.8 Å². The van der Waals surface area contributed by atoms with E-state index in [0.717, 1.165) is 29.5 Å². The number of aromatic nitrogens is 1. The molecule has 0 spiro atoms. The number of nitrogens with zero attached hydrogens (tertiary/aromatic N) is 1. The number of carbonyl (C=O) groups is 1. The van der Waals surface area contributed by atoms with Crippen LogP contribution in [-0.2, 0) is 16.0 Å². The lowest BCUT2D eigenvalue weighted by atomic mass is 9.74. The molecule has 0 bridgehead atoms. The fourth-order valence-corrected chi connectivity index (χ4v) is 3.51. The molecule has 0 aliphatic carbocycles. The van der Waals surface area contributed by atoms with Crippen molar-refractivity contribution in [1.29, 1.82) is 0 Å². The second-order valence-corrected chi connectivity index (χ2v) is 6.84. The number of rotatable bonds is 7. The highest BCUT2D eigenvalue weighted by Crippen LogP contribution is 2.35. The first-order valence-electron chi connectivity index (χ1n) is 9.20. The quantitative estimate of drug-likeness (QED) is 0.750. The van der Waals surface area contributed by atoms with Crippen molar-refractivity contribution in [3.8, 4) is 11.1 Å². The molecule has 0 saturated carbocycles. The molecule has 0 atom stereocenters. The van der Waals surface area contributed by atoms with Gasteiger partial charge in [-0.2, -0.15) is 0 Å². The SMILES string of the molecule is O=C(NCCCO)C1(Cc2cccc(-c3ccncc3)c2)CCOCC1. The predicted molar refractivity (Wildman–Crippen MR) is 101 cm³/mol. The maximum Gasteiger partial charge on any atom is 0.226 e. The molecule has 0 unspecified atom stereocenters. The average Bonchev–Trinajstić information content (AvgIpc) is 2.70. The van der Waals surface area contributed by atoms with Gasteiger partial charge in [-0.25, -0.2) is 0 Å². The number of hydrogen-bond donors (Lipinski definition) is 2. The summed E-state index contributed by atoms with van der Waals surface area (Å²) >= 11 is 0. The van der Waals surface area contributed by atoms with Gasteiger partial charge in [0.05, 0.1) is 5.41 Å². The summed E-state index contributed by atoms with van der Waals surface area (Å²) in [6.45, 7) is 1.81. The van der Waals surface area contributed by atoms with E-state index in [-0.39, 0.29) is 12.5 Å². The molecule has 2 heterocycles. The maximum atomic E-state index is 12.9. The van der Waals surface area contributed by atoms with E-state index in [1.54, 1.807) is 12.4 Å². The molecule has 26 heavy (non-hydrogen) atoms. The van der Waals surface area contributed by atoms with Crippen molar-refractivity contribution in [3.63, 3.8) is 0 Å². The molecule has 2 N–H and O–H groups in total. The van der Waals surface area contributed by atoms with Gasteiger partial charge in [0.15, 0.2) is 0 Å². The number of carbonyl (C=O) groups excluding carboxylic acids is 1. The fraction of sp³-hybridized carbons (Fsp3) is 0.429. The Morgan fingerprint density at radius 1 is 1.15 bits per heavy atom. The van der Waals surface area contributed by atoms with Gasteiger partial charge in [0.2, 0.25) is 5.91 Å². The van der Waals surface area contributed by atoms with E-state index in [9.17, 15) is 4.79 Å². The first-order chi connectivity index (χ1) is 12.7. The van der Waals surface area contributed by atoms with E-state index in [4.69, 9.17) is 9.84 Å². The first kappa shape index (κ1) is 18.5. The summed E-state index contributed by atoms with van der Waals surface area (Å²) in [5.41, 5.74) is 2.96. The molecular weight excluding hydrogens is 328 g/mol. The lowest BCUT2D eigenvalue weighted by Crippen LogP contribution is -2.46. The summed E-state index contributed by atoms with van der Waals surface area (Å²) in [4.78, 5) is 17.0. The van der Waals surface area contributed by atoms with Crippen LogP contribution in [0.2, 0.25) is 0 Å². The molecule has 1 aromatic carbocycles. The van der Waals surface area contributed by atoms with Crippen molar-refractivity contribution in [3.05, 3.63) is 54.4 Å². The number of pyridine rings is 1. The molecule has 2 aromatic rings. The van der Waals surface area contributed by atoms with Gasteiger partial charge >= 0.3 is 0 Å². The minimum atomic E-state index is -0.440. The Morgan fingerprint density at radius 3 is 2.65 bits per heavy atom. The van der Waals surface area contributed by atoms with Crippen molar-refractivity contribution in [2.24, 2.45) is 5.41 Å². The second kappa shape index (κ2) is 8.92. The Hall–Kier alpha value is -2.24. The minimum Gasteiger partial charge on any atom is -0.396 e. The number of ether oxygens (including phenoxy) is 1. The summed E-state index contributed by atoms with van der Waals surface area (Å²) in [7, 11) is 0. The maximum absolute atomic E-state index is 12.9. The Balaban J connectivity index is 1.80. The summed E-state index contributed by atoms with van der Waals surface area (Å²) in [6, 6.07) is 12.4. The molecule has 0 radical (unpaired) electrons. The monoisotopic (exact) mass is 354 g/mol. The smallest absolute Gasteiger partial charge is 0.226 e. The van der Waals surface area contributed by atoms with Crippen LogP contribution < -0.4 is 5.32 Å². The van der Waals surface area contributed by atoms with E-state index < -0.39 is 5.41 Å². The molecule has 138 valence electrons. The number of aliphatic hydroxyl groups excluding tert-OH is 1. The van der Waals surface area contributed by atoms with Crippen LogP contribution in [0.1, 0.15) is 24.8 Å². The summed E-state index contributed by atoms with van der Waals surface area (Å²) in [6.07, 6.45) is 6.29. The molecule has 1 saturated heterocycles. The van der Waals surface area contributed by atoms with E-state index in [1.807, 2.05) is 18.2 Å². The van der Waals surface area contributed by atoms with Crippen molar-refractivity contribution in [2.45, 2.75) is 25.7 Å². The van der Waals surface area contributed by atoms with Crippen LogP contribution in [0.3, 0.4) is 0 Å². The number of nitrogens with one attached hydrogen (secondary N) is 1. The first-order valence-corrected chi connectivity index (χ1v) is 9.20. The Labute approximate surface area is 154 Å². The summed E-state index contributed by atoms with van der Waals surface area (Å²) < 4.78 is 5.50. The van der Waals surface area contributed by atoms with Crippen LogP contribution in [0.5, 0.6) is 0 Å². The van der Waals surface area contributed by atoms with Crippen LogP contribution >= 0.6 is 0 Å². The molecule has 1 fully saturated rings. The number of amides is 1. The largest absolute Gasteiger partial charge is 0.396 e. The standard InChI is InChI=1S/C21H26N2O3/c24-12-2-9-23-20(25)21(7-13-26-14-8-21)16-17-3-1-4-19(15-17)18-5-10-22-11-6-18/h1,3-6,10-11,15,24H,2,7-9,12-14,16H2,(H,23,25). The van der Waals surface area contributed by atoms with Gasteiger partial charge < -0.3 is 15.2 Å².